The first-order valence-corrected chi connectivity index (χ1v) is 6.72. The third-order valence-electron chi connectivity index (χ3n) is 2.88. The van der Waals surface area contributed by atoms with Crippen LogP contribution in [0.5, 0.6) is 0 Å². The van der Waals surface area contributed by atoms with E-state index in [1.807, 2.05) is 34.9 Å². The molecule has 112 valence electrons. The maximum Gasteiger partial charge on any atom is 0.308 e. The van der Waals surface area contributed by atoms with Gasteiger partial charge in [0.15, 0.2) is 0 Å². The quantitative estimate of drug-likeness (QED) is 0.763. The van der Waals surface area contributed by atoms with Gasteiger partial charge in [0.2, 0.25) is 5.91 Å². The molecule has 0 saturated carbocycles. The Morgan fingerprint density at radius 2 is 1.68 bits per heavy atom. The lowest BCUT2D eigenvalue weighted by Crippen LogP contribution is -2.44. The molecule has 0 aromatic heterocycles. The Balaban J connectivity index is 4.64. The van der Waals surface area contributed by atoms with Gasteiger partial charge in [0.25, 0.3) is 0 Å². The van der Waals surface area contributed by atoms with Crippen LogP contribution in [0.3, 0.4) is 0 Å². The predicted molar refractivity (Wildman–Crippen MR) is 76.0 cm³/mol. The van der Waals surface area contributed by atoms with Crippen molar-refractivity contribution in [2.75, 3.05) is 33.7 Å². The maximum absolute atomic E-state index is 12.3. The molecule has 0 aliphatic heterocycles. The standard InChI is InChI=1S/C14H28N2O3/c1-11(12(17)18)10-16(9-7-8-15(5)6)13(19)14(2,3)4/h11H,7-10H2,1-6H3,(H,17,18). The summed E-state index contributed by atoms with van der Waals surface area (Å²) in [6.45, 7) is 8.98. The smallest absolute Gasteiger partial charge is 0.308 e. The van der Waals surface area contributed by atoms with E-state index in [-0.39, 0.29) is 12.5 Å². The molecule has 0 bridgehead atoms. The summed E-state index contributed by atoms with van der Waals surface area (Å²) in [5.41, 5.74) is -0.476. The second kappa shape index (κ2) is 7.48. The Hall–Kier alpha value is -1.10. The van der Waals surface area contributed by atoms with E-state index in [1.54, 1.807) is 11.8 Å². The van der Waals surface area contributed by atoms with Crippen LogP contribution in [0.25, 0.3) is 0 Å². The second-order valence-electron chi connectivity index (χ2n) is 6.40. The fraction of sp³-hybridized carbons (Fsp3) is 0.857. The molecule has 0 aromatic rings. The van der Waals surface area contributed by atoms with Gasteiger partial charge in [-0.1, -0.05) is 27.7 Å². The van der Waals surface area contributed by atoms with Gasteiger partial charge in [-0.05, 0) is 27.1 Å². The predicted octanol–water partition coefficient (Wildman–Crippen LogP) is 1.53. The van der Waals surface area contributed by atoms with Crippen LogP contribution >= 0.6 is 0 Å². The van der Waals surface area contributed by atoms with Crippen LogP contribution in [0.4, 0.5) is 0 Å². The first-order chi connectivity index (χ1) is 8.55. The first-order valence-electron chi connectivity index (χ1n) is 6.72. The van der Waals surface area contributed by atoms with Crippen LogP contribution in [0.1, 0.15) is 34.1 Å². The molecule has 0 rings (SSSR count). The third kappa shape index (κ3) is 7.15. The van der Waals surface area contributed by atoms with Gasteiger partial charge in [-0.2, -0.15) is 0 Å². The fourth-order valence-corrected chi connectivity index (χ4v) is 1.74. The molecular formula is C14H28N2O3. The lowest BCUT2D eigenvalue weighted by Gasteiger charge is -2.31. The van der Waals surface area contributed by atoms with Crippen LogP contribution < -0.4 is 0 Å². The Morgan fingerprint density at radius 3 is 2.05 bits per heavy atom. The molecule has 0 fully saturated rings. The SMILES string of the molecule is CC(CN(CCCN(C)C)C(=O)C(C)(C)C)C(=O)O. The summed E-state index contributed by atoms with van der Waals surface area (Å²) in [5, 5.41) is 8.98. The average Bonchev–Trinajstić information content (AvgIpc) is 2.24. The molecule has 0 aliphatic rings. The molecule has 19 heavy (non-hydrogen) atoms. The van der Waals surface area contributed by atoms with Gasteiger partial charge < -0.3 is 14.9 Å². The second-order valence-corrected chi connectivity index (χ2v) is 6.40. The Morgan fingerprint density at radius 1 is 1.16 bits per heavy atom. The fourth-order valence-electron chi connectivity index (χ4n) is 1.74. The number of hydrogen-bond donors (Lipinski definition) is 1. The highest BCUT2D eigenvalue weighted by Crippen LogP contribution is 2.18. The minimum atomic E-state index is -0.862. The molecule has 1 unspecified atom stereocenters. The zero-order valence-electron chi connectivity index (χ0n) is 13.1. The van der Waals surface area contributed by atoms with E-state index in [4.69, 9.17) is 5.11 Å². The van der Waals surface area contributed by atoms with E-state index in [1.165, 1.54) is 0 Å². The van der Waals surface area contributed by atoms with Gasteiger partial charge in [0.05, 0.1) is 5.92 Å². The molecule has 0 heterocycles. The number of hydrogen-bond acceptors (Lipinski definition) is 3. The minimum absolute atomic E-state index is 0.0133. The molecule has 1 atom stereocenters. The summed E-state index contributed by atoms with van der Waals surface area (Å²) < 4.78 is 0. The molecule has 1 amide bonds. The normalized spacial score (nSPS) is 13.4. The van der Waals surface area contributed by atoms with Crippen molar-refractivity contribution in [1.82, 2.24) is 9.80 Å². The Bertz CT molecular complexity index is 308. The van der Waals surface area contributed by atoms with Crippen molar-refractivity contribution in [1.29, 1.82) is 0 Å². The Kier molecular flexibility index (Phi) is 7.05. The van der Waals surface area contributed by atoms with Gasteiger partial charge in [0, 0.05) is 18.5 Å². The number of rotatable bonds is 7. The summed E-state index contributed by atoms with van der Waals surface area (Å²) in [5.74, 6) is -1.38. The lowest BCUT2D eigenvalue weighted by molar-refractivity contribution is -0.145. The molecule has 0 saturated heterocycles. The summed E-state index contributed by atoms with van der Waals surface area (Å²) in [7, 11) is 3.96. The number of amides is 1. The van der Waals surface area contributed by atoms with Gasteiger partial charge in [0.1, 0.15) is 0 Å². The highest BCUT2D eigenvalue weighted by Gasteiger charge is 2.29. The molecule has 0 radical (unpaired) electrons. The number of carbonyl (C=O) groups is 2. The number of aliphatic carboxylic acids is 1. The number of nitrogens with zero attached hydrogens (tertiary/aromatic N) is 2. The summed E-state index contributed by atoms with van der Waals surface area (Å²) in [6.07, 6.45) is 0.848. The monoisotopic (exact) mass is 272 g/mol. The third-order valence-corrected chi connectivity index (χ3v) is 2.88. The van der Waals surface area contributed by atoms with Crippen molar-refractivity contribution in [2.24, 2.45) is 11.3 Å². The summed E-state index contributed by atoms with van der Waals surface area (Å²) in [4.78, 5) is 27.0. The van der Waals surface area contributed by atoms with E-state index in [9.17, 15) is 9.59 Å². The average molecular weight is 272 g/mol. The number of carbonyl (C=O) groups excluding carboxylic acids is 1. The number of carboxylic acid groups (broad SMARTS) is 1. The molecule has 0 spiro atoms. The van der Waals surface area contributed by atoms with Crippen molar-refractivity contribution >= 4 is 11.9 Å². The van der Waals surface area contributed by atoms with Crippen LogP contribution in [0.2, 0.25) is 0 Å². The zero-order chi connectivity index (χ0) is 15.2. The topological polar surface area (TPSA) is 60.9 Å². The van der Waals surface area contributed by atoms with Crippen LogP contribution in [0, 0.1) is 11.3 Å². The Labute approximate surface area is 116 Å². The van der Waals surface area contributed by atoms with E-state index in [0.717, 1.165) is 13.0 Å². The van der Waals surface area contributed by atoms with Crippen LogP contribution in [0.15, 0.2) is 0 Å². The van der Waals surface area contributed by atoms with E-state index >= 15 is 0 Å². The molecule has 5 heteroatoms. The largest absolute Gasteiger partial charge is 0.481 e. The van der Waals surface area contributed by atoms with Gasteiger partial charge in [-0.3, -0.25) is 9.59 Å². The van der Waals surface area contributed by atoms with Crippen molar-refractivity contribution < 1.29 is 14.7 Å². The minimum Gasteiger partial charge on any atom is -0.481 e. The van der Waals surface area contributed by atoms with Gasteiger partial charge in [-0.15, -0.1) is 0 Å². The van der Waals surface area contributed by atoms with Gasteiger partial charge >= 0.3 is 5.97 Å². The molecule has 0 aromatic carbocycles. The van der Waals surface area contributed by atoms with Gasteiger partial charge in [-0.25, -0.2) is 0 Å². The molecule has 5 nitrogen and oxygen atoms in total. The van der Waals surface area contributed by atoms with E-state index in [2.05, 4.69) is 4.90 Å². The summed E-state index contributed by atoms with van der Waals surface area (Å²) in [6, 6.07) is 0. The highest BCUT2D eigenvalue weighted by atomic mass is 16.4. The number of carboxylic acids is 1. The van der Waals surface area contributed by atoms with E-state index < -0.39 is 17.3 Å². The van der Waals surface area contributed by atoms with Crippen LogP contribution in [-0.4, -0.2) is 60.5 Å². The van der Waals surface area contributed by atoms with Crippen molar-refractivity contribution in [2.45, 2.75) is 34.1 Å². The zero-order valence-corrected chi connectivity index (χ0v) is 13.1. The van der Waals surface area contributed by atoms with E-state index in [0.29, 0.717) is 6.54 Å². The van der Waals surface area contributed by atoms with Crippen molar-refractivity contribution in [3.8, 4) is 0 Å². The first kappa shape index (κ1) is 17.9. The summed E-state index contributed by atoms with van der Waals surface area (Å²) >= 11 is 0. The molecule has 1 N–H and O–H groups in total. The van der Waals surface area contributed by atoms with Crippen molar-refractivity contribution in [3.05, 3.63) is 0 Å². The molecular weight excluding hydrogens is 244 g/mol. The lowest BCUT2D eigenvalue weighted by atomic mass is 9.94. The highest BCUT2D eigenvalue weighted by molar-refractivity contribution is 5.82. The van der Waals surface area contributed by atoms with Crippen molar-refractivity contribution in [3.63, 3.8) is 0 Å². The molecule has 0 aliphatic carbocycles. The van der Waals surface area contributed by atoms with Crippen LogP contribution in [-0.2, 0) is 9.59 Å². The maximum atomic E-state index is 12.3.